The van der Waals surface area contributed by atoms with E-state index >= 15 is 0 Å². The van der Waals surface area contributed by atoms with Crippen LogP contribution in [0.15, 0.2) is 42.6 Å². The highest BCUT2D eigenvalue weighted by Crippen LogP contribution is 2.17. The number of nitrogen functional groups attached to an aromatic ring is 1. The predicted molar refractivity (Wildman–Crippen MR) is 123 cm³/mol. The number of piperazine rings is 1. The van der Waals surface area contributed by atoms with E-state index in [1.807, 2.05) is 12.1 Å². The topological polar surface area (TPSA) is 133 Å². The Morgan fingerprint density at radius 2 is 2.00 bits per heavy atom. The first-order valence-corrected chi connectivity index (χ1v) is 10.6. The summed E-state index contributed by atoms with van der Waals surface area (Å²) in [5.74, 6) is -0.519. The van der Waals surface area contributed by atoms with Gasteiger partial charge in [-0.3, -0.25) is 15.0 Å². The number of rotatable bonds is 8. The van der Waals surface area contributed by atoms with Gasteiger partial charge in [-0.1, -0.05) is 18.2 Å². The lowest BCUT2D eigenvalue weighted by Gasteiger charge is -2.28. The van der Waals surface area contributed by atoms with Gasteiger partial charge in [-0.2, -0.15) is 0 Å². The first-order chi connectivity index (χ1) is 15.4. The van der Waals surface area contributed by atoms with Crippen LogP contribution >= 0.6 is 0 Å². The number of amides is 1. The number of hydrogen-bond donors (Lipinski definition) is 4. The largest absolute Gasteiger partial charge is 0.469 e. The van der Waals surface area contributed by atoms with Crippen molar-refractivity contribution in [1.82, 2.24) is 15.6 Å². The molecule has 9 nitrogen and oxygen atoms in total. The Bertz CT molecular complexity index is 956. The first kappa shape index (κ1) is 23.2. The van der Waals surface area contributed by atoms with E-state index in [1.54, 1.807) is 37.4 Å². The van der Waals surface area contributed by atoms with E-state index in [4.69, 9.17) is 15.9 Å². The van der Waals surface area contributed by atoms with Crippen molar-refractivity contribution in [1.29, 1.82) is 5.41 Å². The normalized spacial score (nSPS) is 15.5. The van der Waals surface area contributed by atoms with Crippen molar-refractivity contribution in [2.75, 3.05) is 38.2 Å². The van der Waals surface area contributed by atoms with Crippen molar-refractivity contribution >= 4 is 23.5 Å². The molecule has 3 rings (SSSR count). The van der Waals surface area contributed by atoms with E-state index in [0.717, 1.165) is 37.6 Å². The number of nitrogens with two attached hydrogens (primary N) is 1. The standard InChI is InChI=1S/C23H30N6O3/c1-15(19(23(31)32-2)13-16-4-3-5-17(12-16)21(24)25)28-22(30)18-6-7-20(27-14-18)29-10-8-26-9-11-29/h3-7,12,14-15,19,26H,8-11,13H2,1-2H3,(H3,24,25)(H,28,30). The summed E-state index contributed by atoms with van der Waals surface area (Å²) in [6.45, 7) is 5.34. The Kier molecular flexibility index (Phi) is 7.77. The Morgan fingerprint density at radius 1 is 1.25 bits per heavy atom. The van der Waals surface area contributed by atoms with Gasteiger partial charge in [0.2, 0.25) is 0 Å². The maximum absolute atomic E-state index is 12.8. The SMILES string of the molecule is COC(=O)C(Cc1cccc(C(=N)N)c1)C(C)NC(=O)c1ccc(N2CCNCC2)nc1. The molecule has 1 amide bonds. The van der Waals surface area contributed by atoms with Crippen LogP contribution in [-0.4, -0.2) is 62.0 Å². The third-order valence-electron chi connectivity index (χ3n) is 5.61. The average Bonchev–Trinajstić information content (AvgIpc) is 2.82. The minimum atomic E-state index is -0.598. The van der Waals surface area contributed by atoms with Crippen molar-refractivity contribution in [2.45, 2.75) is 19.4 Å². The van der Waals surface area contributed by atoms with Gasteiger partial charge in [0.1, 0.15) is 11.7 Å². The quantitative estimate of drug-likeness (QED) is 0.274. The molecule has 2 heterocycles. The zero-order valence-corrected chi connectivity index (χ0v) is 18.4. The van der Waals surface area contributed by atoms with Crippen molar-refractivity contribution in [2.24, 2.45) is 11.7 Å². The molecule has 2 atom stereocenters. The van der Waals surface area contributed by atoms with Gasteiger partial charge in [-0.15, -0.1) is 0 Å². The summed E-state index contributed by atoms with van der Waals surface area (Å²) >= 11 is 0. The molecule has 0 radical (unpaired) electrons. The van der Waals surface area contributed by atoms with Crippen LogP contribution in [0.5, 0.6) is 0 Å². The number of carbonyl (C=O) groups is 2. The number of nitrogens with zero attached hydrogens (tertiary/aromatic N) is 2. The van der Waals surface area contributed by atoms with Crippen molar-refractivity contribution in [3.05, 3.63) is 59.3 Å². The third kappa shape index (κ3) is 5.82. The van der Waals surface area contributed by atoms with E-state index in [0.29, 0.717) is 17.5 Å². The smallest absolute Gasteiger partial charge is 0.311 e. The fourth-order valence-electron chi connectivity index (χ4n) is 3.73. The van der Waals surface area contributed by atoms with E-state index < -0.39 is 17.9 Å². The summed E-state index contributed by atoms with van der Waals surface area (Å²) in [5.41, 5.74) is 7.41. The monoisotopic (exact) mass is 438 g/mol. The molecule has 9 heteroatoms. The minimum Gasteiger partial charge on any atom is -0.469 e. The Hall–Kier alpha value is -3.46. The molecule has 1 aromatic heterocycles. The first-order valence-electron chi connectivity index (χ1n) is 10.6. The lowest BCUT2D eigenvalue weighted by Crippen LogP contribution is -2.44. The Balaban J connectivity index is 1.68. The van der Waals surface area contributed by atoms with Gasteiger partial charge in [-0.05, 0) is 37.1 Å². The number of methoxy groups -OCH3 is 1. The van der Waals surface area contributed by atoms with E-state index in [-0.39, 0.29) is 11.7 Å². The summed E-state index contributed by atoms with van der Waals surface area (Å²) in [5, 5.41) is 13.8. The molecule has 5 N–H and O–H groups in total. The summed E-state index contributed by atoms with van der Waals surface area (Å²) in [6, 6.07) is 10.3. The highest BCUT2D eigenvalue weighted by atomic mass is 16.5. The Labute approximate surface area is 187 Å². The molecule has 0 aliphatic carbocycles. The molecule has 2 unspecified atom stereocenters. The molecule has 1 aliphatic heterocycles. The molecular weight excluding hydrogens is 408 g/mol. The number of esters is 1. The van der Waals surface area contributed by atoms with Gasteiger partial charge in [0.05, 0.1) is 18.6 Å². The van der Waals surface area contributed by atoms with Crippen LogP contribution in [0.4, 0.5) is 5.82 Å². The second-order valence-corrected chi connectivity index (χ2v) is 7.85. The van der Waals surface area contributed by atoms with Gasteiger partial charge in [0.25, 0.3) is 5.91 Å². The second-order valence-electron chi connectivity index (χ2n) is 7.85. The van der Waals surface area contributed by atoms with Gasteiger partial charge in [0, 0.05) is 44.0 Å². The number of amidine groups is 1. The van der Waals surface area contributed by atoms with Crippen molar-refractivity contribution in [3.63, 3.8) is 0 Å². The lowest BCUT2D eigenvalue weighted by atomic mass is 9.92. The van der Waals surface area contributed by atoms with Crippen LogP contribution in [0.1, 0.15) is 28.4 Å². The maximum atomic E-state index is 12.8. The fourth-order valence-corrected chi connectivity index (χ4v) is 3.73. The van der Waals surface area contributed by atoms with Crippen molar-refractivity contribution < 1.29 is 14.3 Å². The molecule has 32 heavy (non-hydrogen) atoms. The van der Waals surface area contributed by atoms with Crippen LogP contribution in [0.2, 0.25) is 0 Å². The summed E-state index contributed by atoms with van der Waals surface area (Å²) in [4.78, 5) is 31.8. The number of nitrogens with one attached hydrogen (secondary N) is 3. The number of ether oxygens (including phenoxy) is 1. The summed E-state index contributed by atoms with van der Waals surface area (Å²) in [6.07, 6.45) is 1.90. The van der Waals surface area contributed by atoms with Gasteiger partial charge < -0.3 is 26.0 Å². The molecule has 0 saturated carbocycles. The third-order valence-corrected chi connectivity index (χ3v) is 5.61. The van der Waals surface area contributed by atoms with Gasteiger partial charge in [-0.25, -0.2) is 4.98 Å². The van der Waals surface area contributed by atoms with E-state index in [9.17, 15) is 9.59 Å². The number of aromatic nitrogens is 1. The number of anilines is 1. The highest BCUT2D eigenvalue weighted by Gasteiger charge is 2.28. The fraction of sp³-hybridized carbons (Fsp3) is 0.391. The van der Waals surface area contributed by atoms with Crippen LogP contribution < -0.4 is 21.3 Å². The van der Waals surface area contributed by atoms with E-state index in [2.05, 4.69) is 20.5 Å². The molecule has 1 saturated heterocycles. The van der Waals surface area contributed by atoms with Gasteiger partial charge >= 0.3 is 5.97 Å². The molecule has 2 aromatic rings. The second kappa shape index (κ2) is 10.7. The maximum Gasteiger partial charge on any atom is 0.311 e. The molecular formula is C23H30N6O3. The van der Waals surface area contributed by atoms with Crippen molar-refractivity contribution in [3.8, 4) is 0 Å². The predicted octanol–water partition coefficient (Wildman–Crippen LogP) is 0.925. The molecule has 0 bridgehead atoms. The molecule has 1 aliphatic rings. The molecule has 0 spiro atoms. The van der Waals surface area contributed by atoms with Crippen LogP contribution in [-0.2, 0) is 16.0 Å². The number of benzene rings is 1. The van der Waals surface area contributed by atoms with E-state index in [1.165, 1.54) is 7.11 Å². The van der Waals surface area contributed by atoms with Crippen LogP contribution in [0, 0.1) is 11.3 Å². The van der Waals surface area contributed by atoms with Crippen LogP contribution in [0.25, 0.3) is 0 Å². The van der Waals surface area contributed by atoms with Crippen LogP contribution in [0.3, 0.4) is 0 Å². The number of hydrogen-bond acceptors (Lipinski definition) is 7. The highest BCUT2D eigenvalue weighted by molar-refractivity contribution is 5.95. The average molecular weight is 439 g/mol. The summed E-state index contributed by atoms with van der Waals surface area (Å²) < 4.78 is 4.97. The minimum absolute atomic E-state index is 0.0421. The van der Waals surface area contributed by atoms with Gasteiger partial charge in [0.15, 0.2) is 0 Å². The zero-order chi connectivity index (χ0) is 23.1. The zero-order valence-electron chi connectivity index (χ0n) is 18.4. The number of carbonyl (C=O) groups excluding carboxylic acids is 2. The molecule has 1 aromatic carbocycles. The molecule has 170 valence electrons. The summed E-state index contributed by atoms with van der Waals surface area (Å²) in [7, 11) is 1.33. The number of pyridine rings is 1. The Morgan fingerprint density at radius 3 is 2.62 bits per heavy atom. The lowest BCUT2D eigenvalue weighted by molar-refractivity contribution is -0.146. The molecule has 1 fully saturated rings.